The Balaban J connectivity index is 0.000000234. The van der Waals surface area contributed by atoms with Gasteiger partial charge in [-0.15, -0.1) is 0 Å². The van der Waals surface area contributed by atoms with E-state index in [0.717, 1.165) is 18.2 Å². The van der Waals surface area contributed by atoms with Crippen LogP contribution >= 0.6 is 47.4 Å². The quantitative estimate of drug-likeness (QED) is 0.0706. The normalized spacial score (nSPS) is 19.2. The van der Waals surface area contributed by atoms with Gasteiger partial charge in [0, 0.05) is 22.5 Å². The Labute approximate surface area is 490 Å². The predicted molar refractivity (Wildman–Crippen MR) is 347 cm³/mol. The summed E-state index contributed by atoms with van der Waals surface area (Å²) in [5.41, 5.74) is 15.0. The SMILES string of the molecule is C1CCC(P(C2CCCCC2)C2CCCCC2)CC1.COc1cc(C(C)C)c(N2CN(c3cc(C(C)(C)C)c(OC)cc3C(C)C)[C@H](c3ccccc3)[C@H]2c2ccccc2)cc1C(C)(C)C.[I][Ru]([I])=[CH]c1ccccc1. The van der Waals surface area contributed by atoms with Gasteiger partial charge in [-0.05, 0) is 125 Å². The Morgan fingerprint density at radius 1 is 0.500 bits per heavy atom. The average Bonchev–Trinajstić information content (AvgIpc) is 3.82. The van der Waals surface area contributed by atoms with Gasteiger partial charge in [-0.1, -0.05) is 196 Å². The second-order valence-corrected chi connectivity index (χ2v) is 47.8. The number of ether oxygens (including phenoxy) is 2. The van der Waals surface area contributed by atoms with E-state index in [4.69, 9.17) is 9.47 Å². The van der Waals surface area contributed by atoms with Crippen LogP contribution in [0.4, 0.5) is 11.4 Å². The molecule has 4 aliphatic rings. The first-order chi connectivity index (χ1) is 36.4. The van der Waals surface area contributed by atoms with Crippen molar-refractivity contribution in [1.29, 1.82) is 0 Å². The van der Waals surface area contributed by atoms with Crippen LogP contribution in [-0.2, 0) is 19.3 Å². The van der Waals surface area contributed by atoms with Crippen molar-refractivity contribution in [3.63, 3.8) is 0 Å². The summed E-state index contributed by atoms with van der Waals surface area (Å²) in [6.07, 6.45) is 23.6. The first-order valence-electron chi connectivity index (χ1n) is 29.1. The second-order valence-electron chi connectivity index (χ2n) is 24.9. The predicted octanol–water partition coefficient (Wildman–Crippen LogP) is 20.9. The monoisotopic (exact) mass is 1360 g/mol. The van der Waals surface area contributed by atoms with E-state index in [-0.39, 0.29) is 22.9 Å². The molecule has 1 saturated heterocycles. The Kier molecular flexibility index (Phi) is 23.3. The summed E-state index contributed by atoms with van der Waals surface area (Å²) >= 11 is 5.04. The molecule has 9 rings (SSSR count). The molecular weight excluding hydrogens is 1260 g/mol. The third-order valence-corrected chi connectivity index (χ3v) is 24.4. The van der Waals surface area contributed by atoms with Crippen molar-refractivity contribution in [2.45, 2.75) is 217 Å². The molecule has 2 atom stereocenters. The van der Waals surface area contributed by atoms with Crippen LogP contribution in [-0.4, -0.2) is 42.5 Å². The summed E-state index contributed by atoms with van der Waals surface area (Å²) in [6.45, 7) is 23.6. The van der Waals surface area contributed by atoms with Gasteiger partial charge in [0.1, 0.15) is 11.5 Å². The van der Waals surface area contributed by atoms with Crippen molar-refractivity contribution in [3.05, 3.63) is 154 Å². The number of benzene rings is 5. The van der Waals surface area contributed by atoms with E-state index in [1.807, 2.05) is 0 Å². The van der Waals surface area contributed by atoms with Crippen LogP contribution in [0.1, 0.15) is 228 Å². The number of nitrogens with zero attached hydrogens (tertiary/aromatic N) is 2. The van der Waals surface area contributed by atoms with E-state index < -0.39 is 8.47 Å². The van der Waals surface area contributed by atoms with E-state index in [9.17, 15) is 0 Å². The minimum absolute atomic E-state index is 0.0671. The van der Waals surface area contributed by atoms with Gasteiger partial charge in [0.05, 0.1) is 33.0 Å². The fourth-order valence-corrected chi connectivity index (χ4v) is 21.4. The van der Waals surface area contributed by atoms with Crippen LogP contribution in [0.2, 0.25) is 0 Å². The van der Waals surface area contributed by atoms with Gasteiger partial charge in [0.15, 0.2) is 0 Å². The van der Waals surface area contributed by atoms with Gasteiger partial charge in [-0.3, -0.25) is 0 Å². The van der Waals surface area contributed by atoms with E-state index in [2.05, 4.69) is 238 Å². The summed E-state index contributed by atoms with van der Waals surface area (Å²) in [5, 5.41) is 0. The van der Waals surface area contributed by atoms with E-state index >= 15 is 0 Å². The molecule has 5 aromatic rings. The maximum absolute atomic E-state index is 6.04. The van der Waals surface area contributed by atoms with Crippen molar-refractivity contribution in [3.8, 4) is 11.5 Å². The molecule has 0 radical (unpaired) electrons. The van der Waals surface area contributed by atoms with E-state index in [1.54, 1.807) is 91.3 Å². The molecule has 0 aromatic heterocycles. The molecule has 0 unspecified atom stereocenters. The number of hydrogen-bond acceptors (Lipinski definition) is 4. The molecule has 5 aromatic carbocycles. The van der Waals surface area contributed by atoms with Gasteiger partial charge in [-0.2, -0.15) is 0 Å². The molecule has 0 N–H and O–H groups in total. The van der Waals surface area contributed by atoms with Crippen LogP contribution in [0.25, 0.3) is 0 Å². The molecule has 1 heterocycles. The van der Waals surface area contributed by atoms with Crippen molar-refractivity contribution < 1.29 is 17.9 Å². The van der Waals surface area contributed by atoms with E-state index in [0.29, 0.717) is 19.8 Å². The molecule has 4 fully saturated rings. The molecule has 0 bridgehead atoms. The van der Waals surface area contributed by atoms with Crippen LogP contribution in [0.15, 0.2) is 115 Å². The fraction of sp³-hybridized carbons (Fsp3) is 0.544. The third kappa shape index (κ3) is 16.0. The molecule has 8 heteroatoms. The second kappa shape index (κ2) is 28.9. The molecule has 0 amide bonds. The molecule has 3 saturated carbocycles. The van der Waals surface area contributed by atoms with Gasteiger partial charge in [0.2, 0.25) is 0 Å². The van der Waals surface area contributed by atoms with Crippen LogP contribution in [0.5, 0.6) is 11.5 Å². The van der Waals surface area contributed by atoms with Crippen molar-refractivity contribution >= 4 is 63.4 Å². The minimum atomic E-state index is -0.619. The Morgan fingerprint density at radius 2 is 0.829 bits per heavy atom. The summed E-state index contributed by atoms with van der Waals surface area (Å²) in [5.74, 6) is 2.55. The number of methoxy groups -OCH3 is 2. The van der Waals surface area contributed by atoms with Gasteiger partial charge in [-0.25, -0.2) is 0 Å². The van der Waals surface area contributed by atoms with Crippen LogP contribution in [0.3, 0.4) is 0 Å². The standard InChI is InChI=1S/C43H56N2O2.C18H33P.C7H6.2HI.Ru/c1-28(2)32-23-38(46-11)34(42(5,6)7)25-36(32)44-27-45(37-26-35(43(8,9)10)39(47-12)24-33(37)29(3)4)41(31-21-17-14-18-22-31)40(44)30-19-15-13-16-20-30;1-4-10-16(11-5-1)19(17-12-6-2-7-13-17)18-14-8-3-9-15-18;1-7-5-3-2-4-6-7;;;/h13-26,28-29,40-41H,27H2,1-12H3;16-18H,1-15H2;1-6H;2*1H;/q;;;;;+2/p-2/t40-,41-;;;;;/m1...../s1. The third-order valence-electron chi connectivity index (χ3n) is 16.7. The Bertz CT molecular complexity index is 2400. The molecule has 4 nitrogen and oxygen atoms in total. The number of anilines is 2. The van der Waals surface area contributed by atoms with Gasteiger partial charge >= 0.3 is 88.5 Å². The first kappa shape index (κ1) is 61.3. The molecule has 0 spiro atoms. The summed E-state index contributed by atoms with van der Waals surface area (Å²) in [6, 6.07) is 42.3. The van der Waals surface area contributed by atoms with Crippen molar-refractivity contribution in [2.24, 2.45) is 0 Å². The number of halogens is 2. The van der Waals surface area contributed by atoms with Crippen LogP contribution < -0.4 is 19.3 Å². The summed E-state index contributed by atoms with van der Waals surface area (Å²) < 4.78 is 14.4. The Hall–Kier alpha value is -2.32. The summed E-state index contributed by atoms with van der Waals surface area (Å²) in [4.78, 5) is 5.34. The first-order valence-corrected chi connectivity index (χ1v) is 42.0. The zero-order chi connectivity index (χ0) is 54.6. The molecule has 76 heavy (non-hydrogen) atoms. The molecular formula is C68H95I2N2O2PRu. The van der Waals surface area contributed by atoms with Gasteiger partial charge < -0.3 is 19.3 Å². The molecule has 416 valence electrons. The van der Waals surface area contributed by atoms with E-state index in [1.165, 1.54) is 86.6 Å². The zero-order valence-electron chi connectivity index (χ0n) is 48.7. The van der Waals surface area contributed by atoms with Gasteiger partial charge in [0.25, 0.3) is 0 Å². The number of rotatable bonds is 12. The fourth-order valence-electron chi connectivity index (χ4n) is 12.9. The Morgan fingerprint density at radius 3 is 1.12 bits per heavy atom. The number of hydrogen-bond donors (Lipinski definition) is 0. The average molecular weight is 1360 g/mol. The van der Waals surface area contributed by atoms with Crippen molar-refractivity contribution in [2.75, 3.05) is 30.7 Å². The topological polar surface area (TPSA) is 24.9 Å². The maximum atomic E-state index is 6.04. The van der Waals surface area contributed by atoms with Crippen molar-refractivity contribution in [1.82, 2.24) is 0 Å². The molecule has 1 aliphatic heterocycles. The summed E-state index contributed by atoms with van der Waals surface area (Å²) in [7, 11) is 3.36. The van der Waals surface area contributed by atoms with Crippen LogP contribution in [0, 0.1) is 0 Å². The molecule has 3 aliphatic carbocycles. The zero-order valence-corrected chi connectivity index (χ0v) is 55.6.